The van der Waals surface area contributed by atoms with Gasteiger partial charge in [0.25, 0.3) is 0 Å². The molecule has 0 aromatic rings. The maximum atomic E-state index is 10.9. The number of carbonyl (C=O) groups is 1. The smallest absolute Gasteiger partial charge is 0.192 e. The van der Waals surface area contributed by atoms with Crippen LogP contribution in [-0.2, 0) is 9.22 Å². The van der Waals surface area contributed by atoms with Crippen molar-refractivity contribution in [3.63, 3.8) is 0 Å². The molecule has 108 valence electrons. The Balaban J connectivity index is 4.22. The van der Waals surface area contributed by atoms with Crippen LogP contribution >= 0.6 is 0 Å². The zero-order chi connectivity index (χ0) is 14.6. The van der Waals surface area contributed by atoms with Gasteiger partial charge in [-0.25, -0.2) is 0 Å². The number of ketones is 1. The quantitative estimate of drug-likeness (QED) is 0.723. The molecule has 1 atom stereocenters. The Hall–Kier alpha value is -0.193. The zero-order valence-electron chi connectivity index (χ0n) is 13.1. The second-order valence-electron chi connectivity index (χ2n) is 7.10. The van der Waals surface area contributed by atoms with Crippen molar-refractivity contribution in [3.05, 3.63) is 0 Å². The van der Waals surface area contributed by atoms with Crippen molar-refractivity contribution in [1.29, 1.82) is 0 Å². The molecular formula is C14H30O3Si. The van der Waals surface area contributed by atoms with Gasteiger partial charge in [0.05, 0.1) is 12.2 Å². The Morgan fingerprint density at radius 1 is 1.22 bits per heavy atom. The van der Waals surface area contributed by atoms with Crippen LogP contribution < -0.4 is 0 Å². The summed E-state index contributed by atoms with van der Waals surface area (Å²) in [6.07, 6.45) is 1.88. The van der Waals surface area contributed by atoms with Crippen LogP contribution in [0.25, 0.3) is 0 Å². The van der Waals surface area contributed by atoms with E-state index < -0.39 is 13.9 Å². The summed E-state index contributed by atoms with van der Waals surface area (Å²) in [5, 5.41) is 10.4. The van der Waals surface area contributed by atoms with Crippen LogP contribution in [0.4, 0.5) is 0 Å². The van der Waals surface area contributed by atoms with E-state index in [1.807, 2.05) is 0 Å². The van der Waals surface area contributed by atoms with E-state index in [1.165, 1.54) is 0 Å². The summed E-state index contributed by atoms with van der Waals surface area (Å²) in [6, 6.07) is 0. The van der Waals surface area contributed by atoms with Gasteiger partial charge in [0.2, 0.25) is 0 Å². The van der Waals surface area contributed by atoms with E-state index in [-0.39, 0.29) is 10.8 Å². The van der Waals surface area contributed by atoms with Crippen molar-refractivity contribution < 1.29 is 14.3 Å². The number of Topliss-reactive ketones (excluding diaryl/α,β-unsaturated/α-hetero) is 1. The normalized spacial score (nSPS) is 16.4. The molecular weight excluding hydrogens is 244 g/mol. The Morgan fingerprint density at radius 2 is 1.72 bits per heavy atom. The molecule has 18 heavy (non-hydrogen) atoms. The molecule has 0 bridgehead atoms. The highest BCUT2D eigenvalue weighted by molar-refractivity contribution is 6.74. The van der Waals surface area contributed by atoms with Crippen LogP contribution in [0.5, 0.6) is 0 Å². The summed E-state index contributed by atoms with van der Waals surface area (Å²) in [6.45, 7) is 14.6. The molecule has 0 aromatic heterocycles. The van der Waals surface area contributed by atoms with Crippen LogP contribution in [-0.4, -0.2) is 31.4 Å². The van der Waals surface area contributed by atoms with Crippen molar-refractivity contribution >= 4 is 14.1 Å². The second kappa shape index (κ2) is 6.31. The molecule has 0 aromatic carbocycles. The van der Waals surface area contributed by atoms with E-state index >= 15 is 0 Å². The van der Waals surface area contributed by atoms with Gasteiger partial charge in [0.15, 0.2) is 8.32 Å². The van der Waals surface area contributed by atoms with Gasteiger partial charge >= 0.3 is 0 Å². The minimum Gasteiger partial charge on any atom is -0.414 e. The molecule has 0 unspecified atom stereocenters. The van der Waals surface area contributed by atoms with Gasteiger partial charge in [-0.05, 0) is 44.8 Å². The molecule has 0 fully saturated rings. The first-order valence-electron chi connectivity index (χ1n) is 6.73. The van der Waals surface area contributed by atoms with Crippen molar-refractivity contribution in [2.45, 2.75) is 77.6 Å². The van der Waals surface area contributed by atoms with Crippen molar-refractivity contribution in [1.82, 2.24) is 0 Å². The van der Waals surface area contributed by atoms with Gasteiger partial charge in [-0.1, -0.05) is 20.8 Å². The Kier molecular flexibility index (Phi) is 6.24. The molecule has 3 nitrogen and oxygen atoms in total. The summed E-state index contributed by atoms with van der Waals surface area (Å²) < 4.78 is 6.02. The largest absolute Gasteiger partial charge is 0.414 e. The number of hydrogen-bond donors (Lipinski definition) is 1. The maximum Gasteiger partial charge on any atom is 0.192 e. The van der Waals surface area contributed by atoms with E-state index in [4.69, 9.17) is 4.43 Å². The SMILES string of the molecule is CC(=O)CCC[C@@](C)(O)CO[Si](C)(C)C(C)(C)C. The maximum absolute atomic E-state index is 10.9. The Labute approximate surface area is 113 Å². The third-order valence-electron chi connectivity index (χ3n) is 3.79. The zero-order valence-corrected chi connectivity index (χ0v) is 14.1. The number of hydrogen-bond acceptors (Lipinski definition) is 3. The number of aliphatic hydroxyl groups is 1. The van der Waals surface area contributed by atoms with E-state index in [1.54, 1.807) is 13.8 Å². The topological polar surface area (TPSA) is 46.5 Å². The highest BCUT2D eigenvalue weighted by Gasteiger charge is 2.38. The monoisotopic (exact) mass is 274 g/mol. The summed E-state index contributed by atoms with van der Waals surface area (Å²) >= 11 is 0. The molecule has 0 aliphatic carbocycles. The number of rotatable bonds is 7. The average molecular weight is 274 g/mol. The molecule has 0 spiro atoms. The van der Waals surface area contributed by atoms with Crippen LogP contribution in [0.15, 0.2) is 0 Å². The number of carbonyl (C=O) groups excluding carboxylic acids is 1. The molecule has 0 amide bonds. The van der Waals surface area contributed by atoms with E-state index in [0.29, 0.717) is 19.4 Å². The lowest BCUT2D eigenvalue weighted by atomic mass is 9.99. The molecule has 0 saturated heterocycles. The van der Waals surface area contributed by atoms with Crippen molar-refractivity contribution in [3.8, 4) is 0 Å². The summed E-state index contributed by atoms with van der Waals surface area (Å²) in [7, 11) is -1.80. The lowest BCUT2D eigenvalue weighted by Gasteiger charge is -2.38. The van der Waals surface area contributed by atoms with E-state index in [0.717, 1.165) is 6.42 Å². The fourth-order valence-electron chi connectivity index (χ4n) is 1.34. The minimum absolute atomic E-state index is 0.155. The first-order valence-corrected chi connectivity index (χ1v) is 9.64. The van der Waals surface area contributed by atoms with Gasteiger partial charge in [0, 0.05) is 6.42 Å². The first-order chi connectivity index (χ1) is 7.87. The third-order valence-corrected chi connectivity index (χ3v) is 8.27. The van der Waals surface area contributed by atoms with E-state index in [9.17, 15) is 9.90 Å². The minimum atomic E-state index is -1.80. The first kappa shape index (κ1) is 17.8. The van der Waals surface area contributed by atoms with Gasteiger partial charge in [0.1, 0.15) is 5.78 Å². The van der Waals surface area contributed by atoms with Crippen LogP contribution in [0.3, 0.4) is 0 Å². The fraction of sp³-hybridized carbons (Fsp3) is 0.929. The molecule has 0 saturated carbocycles. The molecule has 0 radical (unpaired) electrons. The summed E-state index contributed by atoms with van der Waals surface area (Å²) in [5.74, 6) is 0.177. The van der Waals surface area contributed by atoms with Gasteiger partial charge in [-0.2, -0.15) is 0 Å². The lowest BCUT2D eigenvalue weighted by Crippen LogP contribution is -2.45. The fourth-order valence-corrected chi connectivity index (χ4v) is 2.45. The Bertz CT molecular complexity index is 277. The Morgan fingerprint density at radius 3 is 2.11 bits per heavy atom. The molecule has 0 aliphatic heterocycles. The summed E-state index contributed by atoms with van der Waals surface area (Å²) in [5.41, 5.74) is -0.828. The predicted molar refractivity (Wildman–Crippen MR) is 78.3 cm³/mol. The molecule has 1 N–H and O–H groups in total. The van der Waals surface area contributed by atoms with Crippen LogP contribution in [0.1, 0.15) is 53.9 Å². The molecule has 0 rings (SSSR count). The molecule has 4 heteroatoms. The van der Waals surface area contributed by atoms with Crippen molar-refractivity contribution in [2.75, 3.05) is 6.61 Å². The lowest BCUT2D eigenvalue weighted by molar-refractivity contribution is -0.117. The molecule has 0 heterocycles. The van der Waals surface area contributed by atoms with Crippen LogP contribution in [0, 0.1) is 0 Å². The highest BCUT2D eigenvalue weighted by atomic mass is 28.4. The van der Waals surface area contributed by atoms with Gasteiger partial charge in [-0.15, -0.1) is 0 Å². The van der Waals surface area contributed by atoms with Gasteiger partial charge < -0.3 is 14.3 Å². The van der Waals surface area contributed by atoms with Crippen molar-refractivity contribution in [2.24, 2.45) is 0 Å². The summed E-state index contributed by atoms with van der Waals surface area (Å²) in [4.78, 5) is 10.9. The third kappa shape index (κ3) is 6.66. The van der Waals surface area contributed by atoms with Crippen LogP contribution in [0.2, 0.25) is 18.1 Å². The standard InChI is InChI=1S/C14H30O3Si/c1-12(15)9-8-10-14(5,16)11-17-18(6,7)13(2,3)4/h16H,8-11H2,1-7H3/t14-/m1/s1. The second-order valence-corrected chi connectivity index (χ2v) is 11.9. The van der Waals surface area contributed by atoms with E-state index in [2.05, 4.69) is 33.9 Å². The average Bonchev–Trinajstić information content (AvgIpc) is 2.12. The highest BCUT2D eigenvalue weighted by Crippen LogP contribution is 2.37. The molecule has 0 aliphatic rings. The van der Waals surface area contributed by atoms with Gasteiger partial charge in [-0.3, -0.25) is 0 Å². The predicted octanol–water partition coefficient (Wildman–Crippen LogP) is 3.52.